The average molecular weight is 504 g/mol. The van der Waals surface area contributed by atoms with E-state index in [0.29, 0.717) is 6.42 Å². The van der Waals surface area contributed by atoms with Gasteiger partial charge in [0.2, 0.25) is 0 Å². The van der Waals surface area contributed by atoms with Crippen molar-refractivity contribution in [1.29, 1.82) is 0 Å². The Morgan fingerprint density at radius 1 is 1.04 bits per heavy atom. The molecule has 2 aromatic carbocycles. The number of aliphatic hydroxyl groups is 1. The molecule has 2 aromatic rings. The Balaban J connectivity index is 2.39. The van der Waals surface area contributed by atoms with Gasteiger partial charge in [0.15, 0.2) is 0 Å². The molecule has 3 nitrogen and oxygen atoms in total. The predicted octanol–water partition coefficient (Wildman–Crippen LogP) is 5.92. The second-order valence-electron chi connectivity index (χ2n) is 10.2. The summed E-state index contributed by atoms with van der Waals surface area (Å²) < 4.78 is 16.1. The zero-order chi connectivity index (χ0) is 21.0. The van der Waals surface area contributed by atoms with Gasteiger partial charge in [0.05, 0.1) is 0 Å². The molecule has 0 radical (unpaired) electrons. The topological polar surface area (TPSA) is 41.5 Å². The Hall–Kier alpha value is -0.347. The third kappa shape index (κ3) is 3.85. The summed E-state index contributed by atoms with van der Waals surface area (Å²) in [6.07, 6.45) is 0.431. The van der Waals surface area contributed by atoms with Gasteiger partial charge in [0, 0.05) is 0 Å². The average Bonchev–Trinajstić information content (AvgIpc) is 2.88. The molecule has 0 unspecified atom stereocenters. The van der Waals surface area contributed by atoms with Crippen LogP contribution < -0.4 is 3.26 Å². The van der Waals surface area contributed by atoms with E-state index in [2.05, 4.69) is 31.7 Å². The molecular formula is C22H31Cl2NO2Zr. The van der Waals surface area contributed by atoms with Crippen LogP contribution in [0.3, 0.4) is 0 Å². The standard InChI is InChI=1S/C13H9.C4H10N.C3H7O2.CH3.CH2.2ClH.Zr/c1-3-7-12-10(5-1)9-11-6-2-4-8-13(11)12;1-4(2,3)5;4-2-1-3-5;;;;;/h1-9H;5H,1-3H3;4H,1-3H2;1H3;1H2;2*1H;/q;2*-1;;;;;+4/p-2. The van der Waals surface area contributed by atoms with Gasteiger partial charge < -0.3 is 0 Å². The number of benzene rings is 2. The molecule has 0 saturated heterocycles. The van der Waals surface area contributed by atoms with Crippen LogP contribution in [0.5, 0.6) is 0 Å². The second kappa shape index (κ2) is 5.87. The molecule has 6 heteroatoms. The first-order valence-corrected chi connectivity index (χ1v) is 24.0. The molecule has 1 aliphatic carbocycles. The van der Waals surface area contributed by atoms with Crippen LogP contribution in [0.1, 0.15) is 41.9 Å². The summed E-state index contributed by atoms with van der Waals surface area (Å²) in [6.45, 7) is 6.26. The third-order valence-corrected chi connectivity index (χ3v) is 23.8. The normalized spacial score (nSPS) is 18.5. The summed E-state index contributed by atoms with van der Waals surface area (Å²) in [5.74, 6) is 0. The maximum absolute atomic E-state index is 9.34. The Labute approximate surface area is 170 Å². The molecular weight excluding hydrogens is 472 g/mol. The van der Waals surface area contributed by atoms with E-state index in [-0.39, 0.29) is 13.2 Å². The van der Waals surface area contributed by atoms with E-state index in [9.17, 15) is 5.11 Å². The molecule has 154 valence electrons. The number of hydrogen-bond acceptors (Lipinski definition) is 3. The van der Waals surface area contributed by atoms with E-state index < -0.39 is 22.8 Å². The molecule has 0 aromatic heterocycles. The number of aliphatic hydroxyl groups excluding tert-OH is 1. The summed E-state index contributed by atoms with van der Waals surface area (Å²) in [6, 6.07) is 16.3. The van der Waals surface area contributed by atoms with E-state index >= 15 is 0 Å². The molecule has 3 rings (SSSR count). The fourth-order valence-corrected chi connectivity index (χ4v) is 28.1. The van der Waals surface area contributed by atoms with Gasteiger partial charge in [0.1, 0.15) is 0 Å². The Morgan fingerprint density at radius 2 is 1.50 bits per heavy atom. The molecule has 0 saturated carbocycles. The number of nitrogens with one attached hydrogen (secondary N) is 1. The Bertz CT molecular complexity index is 1000. The van der Waals surface area contributed by atoms with Crippen LogP contribution >= 0.6 is 17.0 Å². The van der Waals surface area contributed by atoms with Crippen molar-refractivity contribution in [3.8, 4) is 11.1 Å². The van der Waals surface area contributed by atoms with Crippen LogP contribution in [-0.2, 0) is 16.5 Å². The minimum absolute atomic E-state index is 0.00380. The second-order valence-corrected chi connectivity index (χ2v) is 46.6. The van der Waals surface area contributed by atoms with Crippen molar-refractivity contribution in [2.24, 2.45) is 0 Å². The van der Waals surface area contributed by atoms with Crippen LogP contribution in [0.15, 0.2) is 48.5 Å². The first-order chi connectivity index (χ1) is 12.6. The summed E-state index contributed by atoms with van der Waals surface area (Å²) >= 11 is -6.47. The van der Waals surface area contributed by atoms with Crippen LogP contribution in [-0.4, -0.2) is 28.1 Å². The molecule has 0 spiro atoms. The van der Waals surface area contributed by atoms with E-state index in [1.54, 1.807) is 0 Å². The molecule has 0 bridgehead atoms. The molecule has 1 aliphatic rings. The first kappa shape index (κ1) is 22.3. The summed E-state index contributed by atoms with van der Waals surface area (Å²) in [4.78, 5) is 0. The van der Waals surface area contributed by atoms with Gasteiger partial charge in [-0.3, -0.25) is 0 Å². The Morgan fingerprint density at radius 3 is 1.93 bits per heavy atom. The quantitative estimate of drug-likeness (QED) is 0.481. The van der Waals surface area contributed by atoms with Gasteiger partial charge in [0.25, 0.3) is 0 Å². The minimum atomic E-state index is -6.47. The van der Waals surface area contributed by atoms with Crippen molar-refractivity contribution < 1.29 is 21.6 Å². The fraction of sp³-hybridized carbons (Fsp3) is 0.409. The molecule has 0 heterocycles. The van der Waals surface area contributed by atoms with Gasteiger partial charge in [-0.15, -0.1) is 0 Å². The molecule has 0 atom stereocenters. The SMILES string of the molecule is [CH2]=[Zr]([CH3])([Cl])([Cl])([NH]C(C)(C)C)([O]CCCO)[CH]1c2ccccc2-c2ccccc21. The van der Waals surface area contributed by atoms with E-state index in [1.807, 2.05) is 49.7 Å². The monoisotopic (exact) mass is 501 g/mol. The van der Waals surface area contributed by atoms with Crippen molar-refractivity contribution in [3.05, 3.63) is 59.7 Å². The van der Waals surface area contributed by atoms with Crippen LogP contribution in [0.2, 0.25) is 4.63 Å². The maximum atomic E-state index is 9.34. The summed E-state index contributed by atoms with van der Waals surface area (Å²) in [7, 11) is 15.4. The molecule has 28 heavy (non-hydrogen) atoms. The number of fused-ring (bicyclic) bond motifs is 3. The molecule has 0 aliphatic heterocycles. The summed E-state index contributed by atoms with van der Waals surface area (Å²) in [5, 5.41) is 9.34. The zero-order valence-corrected chi connectivity index (χ0v) is 21.1. The van der Waals surface area contributed by atoms with Crippen molar-refractivity contribution in [2.45, 2.75) is 41.0 Å². The van der Waals surface area contributed by atoms with Gasteiger partial charge in [-0.05, 0) is 0 Å². The van der Waals surface area contributed by atoms with E-state index in [4.69, 9.17) is 19.8 Å². The van der Waals surface area contributed by atoms with Crippen molar-refractivity contribution in [3.63, 3.8) is 0 Å². The zero-order valence-electron chi connectivity index (χ0n) is 17.1. The van der Waals surface area contributed by atoms with Gasteiger partial charge in [-0.25, -0.2) is 0 Å². The van der Waals surface area contributed by atoms with Crippen LogP contribution in [0.4, 0.5) is 0 Å². The predicted molar refractivity (Wildman–Crippen MR) is 119 cm³/mol. The molecule has 0 amide bonds. The van der Waals surface area contributed by atoms with Gasteiger partial charge in [-0.2, -0.15) is 0 Å². The molecule has 2 N–H and O–H groups in total. The van der Waals surface area contributed by atoms with Crippen LogP contribution in [0, 0.1) is 0 Å². The van der Waals surface area contributed by atoms with E-state index in [1.165, 1.54) is 0 Å². The molecule has 0 fully saturated rings. The van der Waals surface area contributed by atoms with Crippen molar-refractivity contribution in [2.75, 3.05) is 13.2 Å². The summed E-state index contributed by atoms with van der Waals surface area (Å²) in [5.41, 5.74) is 3.80. The van der Waals surface area contributed by atoms with E-state index in [0.717, 1.165) is 22.3 Å². The fourth-order valence-electron chi connectivity index (χ4n) is 5.19. The van der Waals surface area contributed by atoms with Crippen molar-refractivity contribution in [1.82, 2.24) is 3.26 Å². The first-order valence-electron chi connectivity index (χ1n) is 9.81. The Kier molecular flexibility index (Phi) is 4.69. The number of rotatable bonds is 6. The van der Waals surface area contributed by atoms with Crippen molar-refractivity contribution >= 4 is 21.2 Å². The van der Waals surface area contributed by atoms with Gasteiger partial charge >= 0.3 is 171 Å². The number of halogens is 2. The third-order valence-electron chi connectivity index (χ3n) is 5.53. The number of hydrogen-bond donors (Lipinski definition) is 2. The van der Waals surface area contributed by atoms with Gasteiger partial charge in [-0.1, -0.05) is 0 Å². The van der Waals surface area contributed by atoms with Crippen LogP contribution in [0.25, 0.3) is 11.1 Å².